The highest BCUT2D eigenvalue weighted by Crippen LogP contribution is 2.66. The van der Waals surface area contributed by atoms with E-state index >= 15 is 0 Å². The van der Waals surface area contributed by atoms with E-state index in [0.29, 0.717) is 35.3 Å². The van der Waals surface area contributed by atoms with E-state index < -0.39 is 10.0 Å². The van der Waals surface area contributed by atoms with Crippen LogP contribution in [0.2, 0.25) is 0 Å². The lowest BCUT2D eigenvalue weighted by Gasteiger charge is -2.56. The maximum atomic E-state index is 12.9. The Balaban J connectivity index is 1.23. The molecule has 6 rings (SSSR count). The van der Waals surface area contributed by atoms with Crippen molar-refractivity contribution >= 4 is 10.0 Å². The molecule has 6 heteroatoms. The van der Waals surface area contributed by atoms with Gasteiger partial charge in [0.05, 0.1) is 18.0 Å². The first kappa shape index (κ1) is 32.5. The zero-order chi connectivity index (χ0) is 31.5. The van der Waals surface area contributed by atoms with Crippen LogP contribution in [0.15, 0.2) is 11.1 Å². The fraction of sp³-hybridized carbons (Fsp3) is 0.946. The molecule has 6 aliphatic rings. The number of sulfonamides is 1. The van der Waals surface area contributed by atoms with Gasteiger partial charge in [-0.2, -0.15) is 4.31 Å². The molecular formula is C37H64N2O3S. The van der Waals surface area contributed by atoms with Crippen molar-refractivity contribution in [2.45, 2.75) is 168 Å². The van der Waals surface area contributed by atoms with E-state index in [1.807, 2.05) is 4.31 Å². The first-order valence-corrected chi connectivity index (χ1v) is 19.7. The summed E-state index contributed by atoms with van der Waals surface area (Å²) in [5, 5.41) is 0. The van der Waals surface area contributed by atoms with Gasteiger partial charge in [0.25, 0.3) is 0 Å². The molecular weight excluding hydrogens is 552 g/mol. The number of rotatable bonds is 2. The number of ether oxygens (including phenoxy) is 1. The number of likely N-dealkylation sites (tertiary alicyclic amines) is 1. The highest BCUT2D eigenvalue weighted by atomic mass is 32.2. The normalized spacial score (nSPS) is 46.0. The molecule has 0 bridgehead atoms. The summed E-state index contributed by atoms with van der Waals surface area (Å²) in [7, 11) is -3.25. The topological polar surface area (TPSA) is 49.9 Å². The minimum Gasteiger partial charge on any atom is -0.369 e. The van der Waals surface area contributed by atoms with Crippen LogP contribution < -0.4 is 0 Å². The van der Waals surface area contributed by atoms with Crippen LogP contribution in [0.1, 0.15) is 133 Å². The molecule has 0 N–H and O–H groups in total. The zero-order valence-corrected chi connectivity index (χ0v) is 30.3. The first-order valence-electron chi connectivity index (χ1n) is 17.9. The SMILES string of the molecule is CC1=C2C[C@H]3[C@@H](CC[C@@H]4C[C@H](N(C(C)(C)C)S(C)(=O)=O)CC[C@@]43C)[C@@H]2CC[C@@]2(C1)O[C@@H]1C[C@H](C)CN(C(C)(C)C)[C@H]1[C@H]2C. The molecule has 0 aromatic rings. The molecule has 43 heavy (non-hydrogen) atoms. The lowest BCUT2D eigenvalue weighted by Crippen LogP contribution is -2.58. The molecule has 5 nitrogen and oxygen atoms in total. The van der Waals surface area contributed by atoms with Crippen LogP contribution >= 0.6 is 0 Å². The molecule has 2 saturated heterocycles. The highest BCUT2D eigenvalue weighted by molar-refractivity contribution is 7.88. The third-order valence-corrected chi connectivity index (χ3v) is 15.5. The van der Waals surface area contributed by atoms with E-state index in [9.17, 15) is 8.42 Å². The summed E-state index contributed by atoms with van der Waals surface area (Å²) in [5.41, 5.74) is 3.56. The van der Waals surface area contributed by atoms with Crippen LogP contribution in [0.3, 0.4) is 0 Å². The molecule has 0 amide bonds. The smallest absolute Gasteiger partial charge is 0.211 e. The van der Waals surface area contributed by atoms with Crippen molar-refractivity contribution in [1.82, 2.24) is 9.21 Å². The van der Waals surface area contributed by atoms with E-state index in [-0.39, 0.29) is 22.7 Å². The van der Waals surface area contributed by atoms with Gasteiger partial charge in [-0.05, 0) is 148 Å². The van der Waals surface area contributed by atoms with Crippen molar-refractivity contribution in [3.63, 3.8) is 0 Å². The van der Waals surface area contributed by atoms with E-state index in [0.717, 1.165) is 37.0 Å². The van der Waals surface area contributed by atoms with Gasteiger partial charge in [0.2, 0.25) is 10.0 Å². The Labute approximate surface area is 265 Å². The van der Waals surface area contributed by atoms with E-state index in [1.165, 1.54) is 57.7 Å². The molecule has 0 aromatic heterocycles. The van der Waals surface area contributed by atoms with Crippen molar-refractivity contribution in [3.05, 3.63) is 11.1 Å². The molecule has 246 valence electrons. The van der Waals surface area contributed by atoms with Gasteiger partial charge in [-0.15, -0.1) is 0 Å². The van der Waals surface area contributed by atoms with Gasteiger partial charge in [-0.25, -0.2) is 8.42 Å². The molecule has 2 heterocycles. The van der Waals surface area contributed by atoms with Gasteiger partial charge < -0.3 is 4.74 Å². The van der Waals surface area contributed by atoms with Gasteiger partial charge in [-0.3, -0.25) is 4.90 Å². The van der Waals surface area contributed by atoms with Crippen molar-refractivity contribution in [1.29, 1.82) is 0 Å². The average molecular weight is 617 g/mol. The summed E-state index contributed by atoms with van der Waals surface area (Å²) in [4.78, 5) is 2.80. The van der Waals surface area contributed by atoms with Gasteiger partial charge in [0, 0.05) is 35.6 Å². The number of hydrogen-bond acceptors (Lipinski definition) is 4. The Morgan fingerprint density at radius 1 is 0.977 bits per heavy atom. The maximum absolute atomic E-state index is 12.9. The van der Waals surface area contributed by atoms with E-state index in [2.05, 4.69) is 74.1 Å². The Morgan fingerprint density at radius 2 is 1.67 bits per heavy atom. The minimum atomic E-state index is -3.25. The maximum Gasteiger partial charge on any atom is 0.211 e. The molecule has 0 unspecified atom stereocenters. The van der Waals surface area contributed by atoms with Crippen LogP contribution in [0, 0.1) is 40.9 Å². The largest absolute Gasteiger partial charge is 0.369 e. The number of fused-ring (bicyclic) bond motifs is 6. The summed E-state index contributed by atoms with van der Waals surface area (Å²) >= 11 is 0. The predicted molar refractivity (Wildman–Crippen MR) is 177 cm³/mol. The van der Waals surface area contributed by atoms with Crippen LogP contribution in [-0.4, -0.2) is 65.3 Å². The van der Waals surface area contributed by atoms with Crippen LogP contribution in [-0.2, 0) is 14.8 Å². The highest BCUT2D eigenvalue weighted by Gasteiger charge is 2.61. The fourth-order valence-corrected chi connectivity index (χ4v) is 14.0. The lowest BCUT2D eigenvalue weighted by atomic mass is 9.52. The predicted octanol–water partition coefficient (Wildman–Crippen LogP) is 8.05. The second-order valence-corrected chi connectivity index (χ2v) is 20.6. The molecule has 11 atom stereocenters. The Hall–Kier alpha value is -0.430. The molecule has 0 aromatic carbocycles. The molecule has 3 saturated carbocycles. The summed E-state index contributed by atoms with van der Waals surface area (Å²) in [6.07, 6.45) is 13.7. The van der Waals surface area contributed by atoms with Crippen molar-refractivity contribution in [2.24, 2.45) is 40.9 Å². The number of allylic oxidation sites excluding steroid dienone is 1. The second-order valence-electron chi connectivity index (χ2n) is 18.7. The Morgan fingerprint density at radius 3 is 2.30 bits per heavy atom. The van der Waals surface area contributed by atoms with E-state index in [4.69, 9.17) is 4.74 Å². The monoisotopic (exact) mass is 616 g/mol. The Kier molecular flexibility index (Phi) is 7.97. The van der Waals surface area contributed by atoms with Gasteiger partial charge in [0.15, 0.2) is 0 Å². The van der Waals surface area contributed by atoms with Gasteiger partial charge in [-0.1, -0.05) is 31.9 Å². The average Bonchev–Trinajstić information content (AvgIpc) is 3.31. The molecule has 5 fully saturated rings. The summed E-state index contributed by atoms with van der Waals surface area (Å²) in [6.45, 7) is 24.6. The third kappa shape index (κ3) is 5.32. The third-order valence-electron chi connectivity index (χ3n) is 13.9. The quantitative estimate of drug-likeness (QED) is 0.295. The van der Waals surface area contributed by atoms with Crippen molar-refractivity contribution < 1.29 is 13.2 Å². The zero-order valence-electron chi connectivity index (χ0n) is 29.5. The number of nitrogens with zero attached hydrogens (tertiary/aromatic N) is 2. The Bertz CT molecular complexity index is 1230. The van der Waals surface area contributed by atoms with Crippen LogP contribution in [0.4, 0.5) is 0 Å². The lowest BCUT2D eigenvalue weighted by molar-refractivity contribution is -0.0883. The molecule has 2 aliphatic heterocycles. The molecule has 1 spiro atoms. The van der Waals surface area contributed by atoms with E-state index in [1.54, 1.807) is 11.1 Å². The fourth-order valence-electron chi connectivity index (χ4n) is 12.3. The van der Waals surface area contributed by atoms with Crippen LogP contribution in [0.5, 0.6) is 0 Å². The van der Waals surface area contributed by atoms with Crippen molar-refractivity contribution in [3.8, 4) is 0 Å². The number of piperidine rings is 1. The summed E-state index contributed by atoms with van der Waals surface area (Å²) < 4.78 is 35.1. The summed E-state index contributed by atoms with van der Waals surface area (Å²) in [6, 6.07) is 0.668. The molecule has 0 radical (unpaired) electrons. The van der Waals surface area contributed by atoms with Crippen molar-refractivity contribution in [2.75, 3.05) is 12.8 Å². The van der Waals surface area contributed by atoms with Gasteiger partial charge >= 0.3 is 0 Å². The minimum absolute atomic E-state index is 0.0129. The number of hydrogen-bond donors (Lipinski definition) is 0. The summed E-state index contributed by atoms with van der Waals surface area (Å²) in [5.74, 6) is 4.12. The second kappa shape index (κ2) is 10.5. The molecule has 4 aliphatic carbocycles. The van der Waals surface area contributed by atoms with Gasteiger partial charge in [0.1, 0.15) is 0 Å². The standard InChI is InChI=1S/C37H64N2O3S/c1-23-18-32-33(38(22-23)34(4,5)6)25(3)37(42-32)17-15-28-29-13-12-26-19-27(39(35(7,8)9)43(11,40)41)14-16-36(26,10)31(29)20-30(28)24(2)21-37/h23,25-29,31-33H,12-22H2,1-11H3/t23-,25+,26+,27+,28-,29-,31-,32+,33-,36-,37-/m0/s1. The first-order chi connectivity index (χ1) is 19.8. The van der Waals surface area contributed by atoms with Crippen LogP contribution in [0.25, 0.3) is 0 Å².